The molecule has 2 aliphatic carbocycles. The van der Waals surface area contributed by atoms with Crippen LogP contribution in [0.4, 0.5) is 4.39 Å². The fraction of sp³-hybridized carbons (Fsp3) is 0.694. The number of nitrogens with zero attached hydrogens (tertiary/aromatic N) is 1. The number of carbonyl (C=O) groups is 3. The van der Waals surface area contributed by atoms with Crippen LogP contribution in [0.25, 0.3) is 11.0 Å². The zero-order valence-electron chi connectivity index (χ0n) is 27.1. The van der Waals surface area contributed by atoms with Crippen LogP contribution in [0, 0.1) is 29.6 Å². The number of likely N-dealkylation sites (tertiary alicyclic amines) is 1. The van der Waals surface area contributed by atoms with Gasteiger partial charge < -0.3 is 23.5 Å². The van der Waals surface area contributed by atoms with E-state index in [9.17, 15) is 18.8 Å². The summed E-state index contributed by atoms with van der Waals surface area (Å²) < 4.78 is 34.9. The maximum Gasteiger partial charge on any atom is 0.374 e. The van der Waals surface area contributed by atoms with Crippen LogP contribution < -0.4 is 0 Å². The Labute approximate surface area is 266 Å². The largest absolute Gasteiger partial charge is 0.460 e. The number of alkyl halides is 1. The van der Waals surface area contributed by atoms with Crippen molar-refractivity contribution in [2.75, 3.05) is 40.7 Å². The fourth-order valence-corrected chi connectivity index (χ4v) is 8.07. The molecule has 45 heavy (non-hydrogen) atoms. The van der Waals surface area contributed by atoms with Crippen molar-refractivity contribution in [1.82, 2.24) is 4.90 Å². The standard InChI is InChI=1S/C36H50FNO7/c1-23(22-37)25-6-8-27(9-7-25)35(40)38-16-15-30(26-10-12-29(43-3)13-11-26)34(38)31(39)20-24-5-14-32-28(19-24)21-33(45-32)36(41)44-18-4-17-42-2/h5,14,19,21,23,25-27,29-30,34H,4,6-13,15-18,20,22H2,1-3H3/t23-,25?,26?,27?,29?,30+,34+/m1/s1. The average molecular weight is 628 g/mol. The third-order valence-electron chi connectivity index (χ3n) is 10.8. The van der Waals surface area contributed by atoms with E-state index in [4.69, 9.17) is 18.6 Å². The van der Waals surface area contributed by atoms with Crippen LogP contribution in [0.3, 0.4) is 0 Å². The first-order valence-electron chi connectivity index (χ1n) is 16.9. The molecule has 248 valence electrons. The molecular formula is C36H50FNO7. The van der Waals surface area contributed by atoms with Crippen molar-refractivity contribution < 1.29 is 37.4 Å². The summed E-state index contributed by atoms with van der Waals surface area (Å²) in [4.78, 5) is 42.6. The number of esters is 1. The van der Waals surface area contributed by atoms with Crippen LogP contribution in [-0.2, 0) is 30.2 Å². The van der Waals surface area contributed by atoms with Gasteiger partial charge in [-0.05, 0) is 105 Å². The average Bonchev–Trinajstić information content (AvgIpc) is 3.71. The summed E-state index contributed by atoms with van der Waals surface area (Å²) in [5.74, 6) is 0.559. The van der Waals surface area contributed by atoms with Gasteiger partial charge in [-0.2, -0.15) is 0 Å². The van der Waals surface area contributed by atoms with Crippen molar-refractivity contribution in [1.29, 1.82) is 0 Å². The van der Waals surface area contributed by atoms with E-state index in [1.165, 1.54) is 0 Å². The normalized spacial score (nSPS) is 27.9. The summed E-state index contributed by atoms with van der Waals surface area (Å²) in [6.07, 6.45) is 9.17. The number of fused-ring (bicyclic) bond motifs is 1. The van der Waals surface area contributed by atoms with E-state index >= 15 is 0 Å². The van der Waals surface area contributed by atoms with Gasteiger partial charge in [0, 0.05) is 51.5 Å². The Kier molecular flexibility index (Phi) is 11.7. The predicted octanol–water partition coefficient (Wildman–Crippen LogP) is 6.57. The summed E-state index contributed by atoms with van der Waals surface area (Å²) in [6.45, 7) is 3.01. The lowest BCUT2D eigenvalue weighted by molar-refractivity contribution is -0.143. The smallest absolute Gasteiger partial charge is 0.374 e. The molecule has 5 rings (SSSR count). The number of carbonyl (C=O) groups excluding carboxylic acids is 3. The van der Waals surface area contributed by atoms with E-state index in [0.29, 0.717) is 37.0 Å². The molecule has 0 unspecified atom stereocenters. The van der Waals surface area contributed by atoms with Gasteiger partial charge in [-0.15, -0.1) is 0 Å². The van der Waals surface area contributed by atoms with Crippen LogP contribution in [0.5, 0.6) is 0 Å². The number of halogens is 1. The van der Waals surface area contributed by atoms with Crippen molar-refractivity contribution in [3.8, 4) is 0 Å². The van der Waals surface area contributed by atoms with Crippen LogP contribution in [-0.4, -0.2) is 75.4 Å². The van der Waals surface area contributed by atoms with Crippen molar-refractivity contribution >= 4 is 28.6 Å². The highest BCUT2D eigenvalue weighted by molar-refractivity contribution is 5.94. The molecule has 0 N–H and O–H groups in total. The quantitative estimate of drug-likeness (QED) is 0.183. The minimum atomic E-state index is -0.528. The lowest BCUT2D eigenvalue weighted by Gasteiger charge is -2.37. The number of furan rings is 1. The highest BCUT2D eigenvalue weighted by atomic mass is 19.1. The Hall–Kier alpha value is -2.78. The topological polar surface area (TPSA) is 95.3 Å². The number of rotatable bonds is 13. The summed E-state index contributed by atoms with van der Waals surface area (Å²) in [7, 11) is 3.36. The lowest BCUT2D eigenvalue weighted by Crippen LogP contribution is -2.48. The minimum absolute atomic E-state index is 0.0314. The van der Waals surface area contributed by atoms with Gasteiger partial charge in [-0.3, -0.25) is 14.0 Å². The van der Waals surface area contributed by atoms with Gasteiger partial charge in [-0.1, -0.05) is 13.0 Å². The van der Waals surface area contributed by atoms with Crippen LogP contribution in [0.1, 0.15) is 87.3 Å². The number of ether oxygens (including phenoxy) is 3. The maximum atomic E-state index is 14.2. The first kappa shape index (κ1) is 33.6. The first-order valence-corrected chi connectivity index (χ1v) is 16.9. The van der Waals surface area contributed by atoms with Gasteiger partial charge in [0.25, 0.3) is 0 Å². The minimum Gasteiger partial charge on any atom is -0.460 e. The molecule has 1 amide bonds. The summed E-state index contributed by atoms with van der Waals surface area (Å²) in [6, 6.07) is 6.76. The predicted molar refractivity (Wildman–Crippen MR) is 169 cm³/mol. The zero-order valence-corrected chi connectivity index (χ0v) is 27.1. The van der Waals surface area contributed by atoms with Crippen LogP contribution >= 0.6 is 0 Å². The summed E-state index contributed by atoms with van der Waals surface area (Å²) in [5, 5.41) is 0.734. The SMILES string of the molecule is COCCCOC(=O)c1cc2cc(CC(=O)[C@@H]3[C@H](C4CCC(OC)CC4)CCN3C(=O)C3CCC([C@H](C)CF)CC3)ccc2o1. The molecule has 1 saturated heterocycles. The Morgan fingerprint density at radius 2 is 1.73 bits per heavy atom. The Bertz CT molecular complexity index is 1290. The number of amides is 1. The highest BCUT2D eigenvalue weighted by Gasteiger charge is 2.47. The van der Waals surface area contributed by atoms with E-state index in [1.54, 1.807) is 26.4 Å². The molecule has 9 heteroatoms. The van der Waals surface area contributed by atoms with Crippen molar-refractivity contribution in [3.05, 3.63) is 35.6 Å². The maximum absolute atomic E-state index is 14.2. The second-order valence-electron chi connectivity index (χ2n) is 13.6. The number of ketones is 1. The molecule has 3 fully saturated rings. The number of benzene rings is 1. The molecular weight excluding hydrogens is 577 g/mol. The molecule has 8 nitrogen and oxygen atoms in total. The Morgan fingerprint density at radius 1 is 0.978 bits per heavy atom. The molecule has 3 atom stereocenters. The van der Waals surface area contributed by atoms with Crippen molar-refractivity contribution in [2.24, 2.45) is 29.6 Å². The molecule has 2 heterocycles. The first-order chi connectivity index (χ1) is 21.8. The monoisotopic (exact) mass is 627 g/mol. The molecule has 0 bridgehead atoms. The molecule has 0 radical (unpaired) electrons. The summed E-state index contributed by atoms with van der Waals surface area (Å²) in [5.41, 5.74) is 1.38. The molecule has 2 saturated carbocycles. The zero-order chi connectivity index (χ0) is 31.9. The number of hydrogen-bond acceptors (Lipinski definition) is 7. The van der Waals surface area contributed by atoms with E-state index in [1.807, 2.05) is 24.0 Å². The van der Waals surface area contributed by atoms with Gasteiger partial charge in [0.05, 0.1) is 25.4 Å². The van der Waals surface area contributed by atoms with E-state index < -0.39 is 12.0 Å². The Morgan fingerprint density at radius 3 is 2.42 bits per heavy atom. The highest BCUT2D eigenvalue weighted by Crippen LogP contribution is 2.42. The van der Waals surface area contributed by atoms with Gasteiger partial charge in [-0.25, -0.2) is 4.79 Å². The second kappa shape index (κ2) is 15.7. The van der Waals surface area contributed by atoms with E-state index in [2.05, 4.69) is 0 Å². The van der Waals surface area contributed by atoms with Crippen molar-refractivity contribution in [3.63, 3.8) is 0 Å². The van der Waals surface area contributed by atoms with Gasteiger partial charge in [0.1, 0.15) is 5.58 Å². The van der Waals surface area contributed by atoms with Gasteiger partial charge >= 0.3 is 5.97 Å². The van der Waals surface area contributed by atoms with Crippen LogP contribution in [0.2, 0.25) is 0 Å². The third kappa shape index (κ3) is 7.97. The van der Waals surface area contributed by atoms with Crippen molar-refractivity contribution in [2.45, 2.75) is 89.7 Å². The van der Waals surface area contributed by atoms with Gasteiger partial charge in [0.2, 0.25) is 11.7 Å². The molecule has 3 aliphatic rings. The molecule has 2 aromatic rings. The van der Waals surface area contributed by atoms with E-state index in [0.717, 1.165) is 68.7 Å². The number of Topliss-reactive ketones (excluding diaryl/α,β-unsaturated/α-hetero) is 1. The third-order valence-corrected chi connectivity index (χ3v) is 10.8. The Balaban J connectivity index is 1.30. The number of methoxy groups -OCH3 is 2. The molecule has 1 aromatic heterocycles. The second-order valence-corrected chi connectivity index (χ2v) is 13.6. The molecule has 1 aromatic carbocycles. The lowest BCUT2D eigenvalue weighted by atomic mass is 9.74. The molecule has 1 aliphatic heterocycles. The van der Waals surface area contributed by atoms with Gasteiger partial charge in [0.15, 0.2) is 5.78 Å². The van der Waals surface area contributed by atoms with Crippen LogP contribution in [0.15, 0.2) is 28.7 Å². The van der Waals surface area contributed by atoms with E-state index in [-0.39, 0.29) is 61.0 Å². The fourth-order valence-electron chi connectivity index (χ4n) is 8.07. The summed E-state index contributed by atoms with van der Waals surface area (Å²) >= 11 is 0. The number of hydrogen-bond donors (Lipinski definition) is 0. The molecule has 0 spiro atoms.